The highest BCUT2D eigenvalue weighted by molar-refractivity contribution is 6.04. The van der Waals surface area contributed by atoms with Crippen molar-refractivity contribution in [3.63, 3.8) is 0 Å². The summed E-state index contributed by atoms with van der Waals surface area (Å²) in [5.41, 5.74) is 0.248. The SMILES string of the molecule is Cc1ccc(=O)n(CC(=O)Nc2ccc(C(=O)Nc3ccc(C(F)(F)F)cn3)cc2)c1. The summed E-state index contributed by atoms with van der Waals surface area (Å²) >= 11 is 0. The van der Waals surface area contributed by atoms with Gasteiger partial charge >= 0.3 is 6.18 Å². The van der Waals surface area contributed by atoms with Crippen LogP contribution in [0.25, 0.3) is 0 Å². The first-order chi connectivity index (χ1) is 14.6. The quantitative estimate of drug-likeness (QED) is 0.648. The molecule has 31 heavy (non-hydrogen) atoms. The molecule has 1 aromatic carbocycles. The molecule has 0 saturated carbocycles. The molecule has 160 valence electrons. The number of aromatic nitrogens is 2. The van der Waals surface area contributed by atoms with Gasteiger partial charge < -0.3 is 15.2 Å². The van der Waals surface area contributed by atoms with Gasteiger partial charge in [0.25, 0.3) is 11.5 Å². The normalized spacial score (nSPS) is 11.1. The van der Waals surface area contributed by atoms with Crippen LogP contribution in [-0.4, -0.2) is 21.4 Å². The van der Waals surface area contributed by atoms with E-state index in [0.29, 0.717) is 11.9 Å². The van der Waals surface area contributed by atoms with Gasteiger partial charge in [-0.15, -0.1) is 0 Å². The van der Waals surface area contributed by atoms with E-state index in [1.807, 2.05) is 0 Å². The molecule has 7 nitrogen and oxygen atoms in total. The molecule has 0 atom stereocenters. The first-order valence-electron chi connectivity index (χ1n) is 9.03. The monoisotopic (exact) mass is 430 g/mol. The van der Waals surface area contributed by atoms with Gasteiger partial charge in [0.05, 0.1) is 5.56 Å². The van der Waals surface area contributed by atoms with Gasteiger partial charge in [0.2, 0.25) is 5.91 Å². The number of amides is 2. The van der Waals surface area contributed by atoms with Crippen LogP contribution in [0.3, 0.4) is 0 Å². The van der Waals surface area contributed by atoms with Crippen LogP contribution in [0.15, 0.2) is 65.7 Å². The number of hydrogen-bond donors (Lipinski definition) is 2. The second kappa shape index (κ2) is 8.82. The summed E-state index contributed by atoms with van der Waals surface area (Å²) in [7, 11) is 0. The minimum Gasteiger partial charge on any atom is -0.325 e. The van der Waals surface area contributed by atoms with E-state index in [-0.39, 0.29) is 23.5 Å². The number of aryl methyl sites for hydroxylation is 1. The summed E-state index contributed by atoms with van der Waals surface area (Å²) in [6.45, 7) is 1.64. The maximum Gasteiger partial charge on any atom is 0.417 e. The molecule has 3 aromatic rings. The number of alkyl halides is 3. The zero-order valence-electron chi connectivity index (χ0n) is 16.2. The van der Waals surface area contributed by atoms with Gasteiger partial charge in [-0.3, -0.25) is 14.4 Å². The lowest BCUT2D eigenvalue weighted by Crippen LogP contribution is -2.26. The molecule has 2 N–H and O–H groups in total. The second-order valence-electron chi connectivity index (χ2n) is 6.68. The number of benzene rings is 1. The fourth-order valence-corrected chi connectivity index (χ4v) is 2.66. The molecular formula is C21H17F3N4O3. The summed E-state index contributed by atoms with van der Waals surface area (Å²) in [5, 5.41) is 5.02. The summed E-state index contributed by atoms with van der Waals surface area (Å²) in [6.07, 6.45) is -2.30. The van der Waals surface area contributed by atoms with Crippen LogP contribution in [0.2, 0.25) is 0 Å². The minimum absolute atomic E-state index is 0.0287. The van der Waals surface area contributed by atoms with E-state index in [0.717, 1.165) is 17.7 Å². The molecule has 2 aromatic heterocycles. The van der Waals surface area contributed by atoms with Crippen LogP contribution in [0.1, 0.15) is 21.5 Å². The molecule has 2 heterocycles. The van der Waals surface area contributed by atoms with E-state index in [2.05, 4.69) is 15.6 Å². The van der Waals surface area contributed by atoms with Crippen molar-refractivity contribution in [3.05, 3.63) is 88.0 Å². The lowest BCUT2D eigenvalue weighted by Gasteiger charge is -2.10. The lowest BCUT2D eigenvalue weighted by molar-refractivity contribution is -0.137. The van der Waals surface area contributed by atoms with Gasteiger partial charge in [-0.05, 0) is 48.9 Å². The van der Waals surface area contributed by atoms with Crippen LogP contribution in [0, 0.1) is 6.92 Å². The number of nitrogens with zero attached hydrogens (tertiary/aromatic N) is 2. The number of rotatable bonds is 5. The third kappa shape index (κ3) is 5.78. The van der Waals surface area contributed by atoms with Crippen LogP contribution in [0.4, 0.5) is 24.7 Å². The van der Waals surface area contributed by atoms with E-state index < -0.39 is 23.6 Å². The van der Waals surface area contributed by atoms with Crippen molar-refractivity contribution >= 4 is 23.3 Å². The molecule has 0 aliphatic rings. The predicted molar refractivity (Wildman–Crippen MR) is 108 cm³/mol. The maximum atomic E-state index is 12.6. The van der Waals surface area contributed by atoms with Gasteiger partial charge in [0, 0.05) is 29.7 Å². The number of carbonyl (C=O) groups is 2. The fraction of sp³-hybridized carbons (Fsp3) is 0.143. The number of pyridine rings is 2. The van der Waals surface area contributed by atoms with Crippen molar-refractivity contribution in [2.45, 2.75) is 19.6 Å². The average molecular weight is 430 g/mol. The number of hydrogen-bond acceptors (Lipinski definition) is 4. The molecule has 2 amide bonds. The van der Waals surface area contributed by atoms with Crippen LogP contribution >= 0.6 is 0 Å². The Hall–Kier alpha value is -3.95. The largest absolute Gasteiger partial charge is 0.417 e. The summed E-state index contributed by atoms with van der Waals surface area (Å²) in [5.74, 6) is -1.02. The van der Waals surface area contributed by atoms with Crippen molar-refractivity contribution in [3.8, 4) is 0 Å². The second-order valence-corrected chi connectivity index (χ2v) is 6.68. The molecule has 0 radical (unpaired) electrons. The van der Waals surface area contributed by atoms with Gasteiger partial charge in [-0.2, -0.15) is 13.2 Å². The van der Waals surface area contributed by atoms with E-state index >= 15 is 0 Å². The number of carbonyl (C=O) groups excluding carboxylic acids is 2. The number of anilines is 2. The first-order valence-corrected chi connectivity index (χ1v) is 9.03. The topological polar surface area (TPSA) is 93.1 Å². The molecule has 10 heteroatoms. The summed E-state index contributed by atoms with van der Waals surface area (Å²) in [4.78, 5) is 39.8. The number of nitrogens with one attached hydrogen (secondary N) is 2. The molecule has 0 fully saturated rings. The Kier molecular flexibility index (Phi) is 6.19. The third-order valence-electron chi connectivity index (χ3n) is 4.21. The Labute approximate surface area is 174 Å². The Balaban J connectivity index is 1.60. The van der Waals surface area contributed by atoms with E-state index in [1.54, 1.807) is 19.2 Å². The molecule has 0 aliphatic carbocycles. The average Bonchev–Trinajstić information content (AvgIpc) is 2.71. The van der Waals surface area contributed by atoms with E-state index in [9.17, 15) is 27.6 Å². The standard InChI is InChI=1S/C21H17F3N4O3/c1-13-2-9-19(30)28(11-13)12-18(29)26-16-6-3-14(4-7-16)20(31)27-17-8-5-15(10-25-17)21(22,23)24/h2-11H,12H2,1H3,(H,26,29)(H,25,27,31). The molecule has 0 aliphatic heterocycles. The molecule has 0 unspecified atom stereocenters. The molecule has 0 spiro atoms. The van der Waals surface area contributed by atoms with Crippen molar-refractivity contribution in [1.82, 2.24) is 9.55 Å². The van der Waals surface area contributed by atoms with E-state index in [4.69, 9.17) is 0 Å². The number of halogens is 3. The van der Waals surface area contributed by atoms with Gasteiger partial charge in [0.1, 0.15) is 12.4 Å². The zero-order valence-corrected chi connectivity index (χ0v) is 16.2. The molecular weight excluding hydrogens is 413 g/mol. The smallest absolute Gasteiger partial charge is 0.325 e. The highest BCUT2D eigenvalue weighted by Crippen LogP contribution is 2.28. The van der Waals surface area contributed by atoms with E-state index in [1.165, 1.54) is 34.9 Å². The third-order valence-corrected chi connectivity index (χ3v) is 4.21. The molecule has 0 bridgehead atoms. The minimum atomic E-state index is -4.51. The van der Waals surface area contributed by atoms with Crippen molar-refractivity contribution in [2.75, 3.05) is 10.6 Å². The fourth-order valence-electron chi connectivity index (χ4n) is 2.66. The van der Waals surface area contributed by atoms with Crippen LogP contribution in [0.5, 0.6) is 0 Å². The van der Waals surface area contributed by atoms with Gasteiger partial charge in [-0.25, -0.2) is 4.98 Å². The van der Waals surface area contributed by atoms with Crippen LogP contribution < -0.4 is 16.2 Å². The van der Waals surface area contributed by atoms with Crippen molar-refractivity contribution < 1.29 is 22.8 Å². The Morgan fingerprint density at radius 3 is 2.32 bits per heavy atom. The van der Waals surface area contributed by atoms with Gasteiger partial charge in [-0.1, -0.05) is 6.07 Å². The predicted octanol–water partition coefficient (Wildman–Crippen LogP) is 3.46. The zero-order chi connectivity index (χ0) is 22.6. The van der Waals surface area contributed by atoms with Crippen molar-refractivity contribution in [2.24, 2.45) is 0 Å². The molecule has 0 saturated heterocycles. The Bertz CT molecular complexity index is 1150. The van der Waals surface area contributed by atoms with Crippen LogP contribution in [-0.2, 0) is 17.5 Å². The maximum absolute atomic E-state index is 12.6. The highest BCUT2D eigenvalue weighted by atomic mass is 19.4. The first kappa shape index (κ1) is 21.8. The highest BCUT2D eigenvalue weighted by Gasteiger charge is 2.30. The molecule has 3 rings (SSSR count). The van der Waals surface area contributed by atoms with Gasteiger partial charge in [0.15, 0.2) is 0 Å². The van der Waals surface area contributed by atoms with Crippen molar-refractivity contribution in [1.29, 1.82) is 0 Å². The summed E-state index contributed by atoms with van der Waals surface area (Å²) in [6, 6.07) is 10.8. The summed E-state index contributed by atoms with van der Waals surface area (Å²) < 4.78 is 39.0. The Morgan fingerprint density at radius 1 is 1.00 bits per heavy atom. The lowest BCUT2D eigenvalue weighted by atomic mass is 10.2. The Morgan fingerprint density at radius 2 is 1.71 bits per heavy atom.